The van der Waals surface area contributed by atoms with E-state index in [0.29, 0.717) is 0 Å². The second-order valence-corrected chi connectivity index (χ2v) is 5.93. The van der Waals surface area contributed by atoms with Gasteiger partial charge in [0.05, 0.1) is 11.4 Å². The van der Waals surface area contributed by atoms with E-state index in [9.17, 15) is 0 Å². The number of benzene rings is 4. The van der Waals surface area contributed by atoms with Crippen LogP contribution in [0.4, 0.5) is 11.4 Å². The highest BCUT2D eigenvalue weighted by molar-refractivity contribution is 6.06. The summed E-state index contributed by atoms with van der Waals surface area (Å²) in [6.07, 6.45) is 0. The molecular weight excluding hydrogens is 282 g/mol. The van der Waals surface area contributed by atoms with Crippen LogP contribution in [0.1, 0.15) is 0 Å². The molecule has 0 spiro atoms. The normalized spacial score (nSPS) is 12.8. The van der Waals surface area contributed by atoms with E-state index in [1.54, 1.807) is 0 Å². The summed E-state index contributed by atoms with van der Waals surface area (Å²) in [5.41, 5.74) is 2.26. The Bertz CT molecular complexity index is 983. The van der Waals surface area contributed by atoms with Gasteiger partial charge in [0, 0.05) is 17.8 Å². The minimum Gasteiger partial charge on any atom is -0.453 e. The van der Waals surface area contributed by atoms with Crippen LogP contribution in [-0.4, -0.2) is 7.05 Å². The Kier molecular flexibility index (Phi) is 2.45. The monoisotopic (exact) mass is 297 g/mol. The molecule has 23 heavy (non-hydrogen) atoms. The van der Waals surface area contributed by atoms with E-state index in [1.807, 2.05) is 0 Å². The first-order valence-corrected chi connectivity index (χ1v) is 7.78. The molecule has 0 radical (unpaired) electrons. The Labute approximate surface area is 134 Å². The summed E-state index contributed by atoms with van der Waals surface area (Å²) in [4.78, 5) is 2.26. The lowest BCUT2D eigenvalue weighted by Gasteiger charge is -2.32. The van der Waals surface area contributed by atoms with Gasteiger partial charge in [0.2, 0.25) is 0 Å². The molecule has 2 heteroatoms. The summed E-state index contributed by atoms with van der Waals surface area (Å²) in [6.45, 7) is 0. The van der Waals surface area contributed by atoms with E-state index in [-0.39, 0.29) is 0 Å². The number of ether oxygens (including phenoxy) is 1. The van der Waals surface area contributed by atoms with Crippen LogP contribution in [0.15, 0.2) is 72.8 Å². The first kappa shape index (κ1) is 12.5. The van der Waals surface area contributed by atoms with Gasteiger partial charge < -0.3 is 9.64 Å². The zero-order chi connectivity index (χ0) is 15.4. The molecule has 4 aromatic carbocycles. The third kappa shape index (κ3) is 1.69. The number of fused-ring (bicyclic) bond motifs is 6. The Morgan fingerprint density at radius 2 is 1.09 bits per heavy atom. The van der Waals surface area contributed by atoms with Crippen LogP contribution < -0.4 is 9.64 Å². The van der Waals surface area contributed by atoms with Gasteiger partial charge in [-0.25, -0.2) is 0 Å². The smallest absolute Gasteiger partial charge is 0.151 e. The third-order valence-corrected chi connectivity index (χ3v) is 4.62. The van der Waals surface area contributed by atoms with Gasteiger partial charge in [0.25, 0.3) is 0 Å². The predicted molar refractivity (Wildman–Crippen MR) is 96.0 cm³/mol. The average Bonchev–Trinajstić information content (AvgIpc) is 2.61. The maximum absolute atomic E-state index is 6.22. The van der Waals surface area contributed by atoms with E-state index >= 15 is 0 Å². The minimum atomic E-state index is 0.911. The summed E-state index contributed by atoms with van der Waals surface area (Å²) in [7, 11) is 2.12. The van der Waals surface area contributed by atoms with Crippen LogP contribution in [-0.2, 0) is 0 Å². The lowest BCUT2D eigenvalue weighted by atomic mass is 10.0. The third-order valence-electron chi connectivity index (χ3n) is 4.62. The van der Waals surface area contributed by atoms with Crippen molar-refractivity contribution in [2.24, 2.45) is 0 Å². The fraction of sp³-hybridized carbons (Fsp3) is 0.0476. The van der Waals surface area contributed by atoms with Crippen LogP contribution in [0, 0.1) is 0 Å². The molecule has 0 amide bonds. The lowest BCUT2D eigenvalue weighted by Crippen LogP contribution is -2.16. The Balaban J connectivity index is 1.86. The SMILES string of the molecule is CN1c2c(ccc3ccccc23)Oc2ccc3ccccc3c21. The van der Waals surface area contributed by atoms with E-state index in [0.717, 1.165) is 22.9 Å². The van der Waals surface area contributed by atoms with Crippen molar-refractivity contribution in [3.8, 4) is 11.5 Å². The molecule has 0 unspecified atom stereocenters. The van der Waals surface area contributed by atoms with Gasteiger partial charge in [0.1, 0.15) is 0 Å². The topological polar surface area (TPSA) is 12.5 Å². The molecule has 0 fully saturated rings. The number of hydrogen-bond donors (Lipinski definition) is 0. The summed E-state index contributed by atoms with van der Waals surface area (Å²) in [5.74, 6) is 1.82. The molecule has 0 aliphatic carbocycles. The van der Waals surface area contributed by atoms with Gasteiger partial charge in [0.15, 0.2) is 11.5 Å². The number of anilines is 2. The molecule has 2 nitrogen and oxygen atoms in total. The fourth-order valence-corrected chi connectivity index (χ4v) is 3.56. The van der Waals surface area contributed by atoms with Crippen LogP contribution in [0.3, 0.4) is 0 Å². The predicted octanol–water partition coefficient (Wildman–Crippen LogP) is 5.87. The first-order valence-electron chi connectivity index (χ1n) is 7.78. The van der Waals surface area contributed by atoms with Crippen molar-refractivity contribution in [1.82, 2.24) is 0 Å². The largest absolute Gasteiger partial charge is 0.453 e. The average molecular weight is 297 g/mol. The fourth-order valence-electron chi connectivity index (χ4n) is 3.56. The maximum atomic E-state index is 6.22. The summed E-state index contributed by atoms with van der Waals surface area (Å²) < 4.78 is 6.22. The highest BCUT2D eigenvalue weighted by Gasteiger charge is 2.25. The zero-order valence-electron chi connectivity index (χ0n) is 12.8. The number of hydrogen-bond acceptors (Lipinski definition) is 2. The van der Waals surface area contributed by atoms with Crippen LogP contribution in [0.2, 0.25) is 0 Å². The molecule has 1 aliphatic rings. The van der Waals surface area contributed by atoms with Gasteiger partial charge in [-0.05, 0) is 22.9 Å². The maximum Gasteiger partial charge on any atom is 0.151 e. The van der Waals surface area contributed by atoms with Crippen molar-refractivity contribution in [3.63, 3.8) is 0 Å². The van der Waals surface area contributed by atoms with Crippen molar-refractivity contribution >= 4 is 32.9 Å². The highest BCUT2D eigenvalue weighted by Crippen LogP contribution is 2.51. The Morgan fingerprint density at radius 3 is 1.61 bits per heavy atom. The molecule has 4 aromatic rings. The first-order chi connectivity index (χ1) is 11.3. The van der Waals surface area contributed by atoms with Crippen molar-refractivity contribution in [2.45, 2.75) is 0 Å². The number of rotatable bonds is 0. The van der Waals surface area contributed by atoms with E-state index in [4.69, 9.17) is 4.74 Å². The van der Waals surface area contributed by atoms with Gasteiger partial charge >= 0.3 is 0 Å². The van der Waals surface area contributed by atoms with Crippen LogP contribution in [0.5, 0.6) is 11.5 Å². The van der Waals surface area contributed by atoms with Crippen LogP contribution in [0.25, 0.3) is 21.5 Å². The molecule has 5 rings (SSSR count). The molecule has 0 N–H and O–H groups in total. The van der Waals surface area contributed by atoms with Crippen molar-refractivity contribution < 1.29 is 4.74 Å². The minimum absolute atomic E-state index is 0.911. The molecule has 0 atom stereocenters. The van der Waals surface area contributed by atoms with Crippen LogP contribution >= 0.6 is 0 Å². The molecule has 1 aliphatic heterocycles. The summed E-state index contributed by atoms with van der Waals surface area (Å²) in [5, 5.41) is 4.88. The lowest BCUT2D eigenvalue weighted by molar-refractivity contribution is 0.477. The summed E-state index contributed by atoms with van der Waals surface area (Å²) in [6, 6.07) is 25.3. The van der Waals surface area contributed by atoms with E-state index < -0.39 is 0 Å². The Morgan fingerprint density at radius 1 is 0.609 bits per heavy atom. The Hall–Kier alpha value is -3.00. The molecular formula is C21H15NO. The van der Waals surface area contributed by atoms with Crippen molar-refractivity contribution in [3.05, 3.63) is 72.8 Å². The van der Waals surface area contributed by atoms with Gasteiger partial charge in [-0.3, -0.25) is 0 Å². The zero-order valence-corrected chi connectivity index (χ0v) is 12.8. The van der Waals surface area contributed by atoms with Gasteiger partial charge in [-0.15, -0.1) is 0 Å². The highest BCUT2D eigenvalue weighted by atomic mass is 16.5. The molecule has 0 bridgehead atoms. The van der Waals surface area contributed by atoms with Crippen molar-refractivity contribution in [2.75, 3.05) is 11.9 Å². The van der Waals surface area contributed by atoms with Gasteiger partial charge in [-0.2, -0.15) is 0 Å². The summed E-state index contributed by atoms with van der Waals surface area (Å²) >= 11 is 0. The molecule has 110 valence electrons. The second kappa shape index (κ2) is 4.50. The van der Waals surface area contributed by atoms with Crippen molar-refractivity contribution in [1.29, 1.82) is 0 Å². The standard InChI is InChI=1S/C21H15NO/c1-22-20-16-8-4-2-6-14(16)10-12-18(20)23-19-13-11-15-7-3-5-9-17(15)21(19)22/h2-13H,1H3. The molecule has 0 saturated heterocycles. The molecule has 0 aromatic heterocycles. The van der Waals surface area contributed by atoms with Gasteiger partial charge in [-0.1, -0.05) is 60.7 Å². The quantitative estimate of drug-likeness (QED) is 0.402. The second-order valence-electron chi connectivity index (χ2n) is 5.93. The molecule has 0 saturated carbocycles. The number of nitrogens with zero attached hydrogens (tertiary/aromatic N) is 1. The van der Waals surface area contributed by atoms with E-state index in [1.165, 1.54) is 21.5 Å². The van der Waals surface area contributed by atoms with E-state index in [2.05, 4.69) is 84.7 Å². The molecule has 1 heterocycles.